The van der Waals surface area contributed by atoms with Crippen LogP contribution in [-0.4, -0.2) is 15.1 Å². The van der Waals surface area contributed by atoms with Gasteiger partial charge in [-0.15, -0.1) is 0 Å². The lowest BCUT2D eigenvalue weighted by atomic mass is 9.98. The molecule has 0 aliphatic heterocycles. The predicted octanol–water partition coefficient (Wildman–Crippen LogP) is 3.56. The topological polar surface area (TPSA) is 48.9 Å². The van der Waals surface area contributed by atoms with Crippen molar-refractivity contribution in [3.05, 3.63) is 41.7 Å². The molecule has 0 unspecified atom stereocenters. The van der Waals surface area contributed by atoms with Gasteiger partial charge in [0.15, 0.2) is 0 Å². The molecule has 1 aliphatic rings. The number of aromatic hydroxyl groups is 1. The Bertz CT molecular complexity index is 650. The molecule has 0 spiro atoms. The van der Waals surface area contributed by atoms with Gasteiger partial charge in [0.25, 0.3) is 0 Å². The molecule has 18 heavy (non-hydrogen) atoms. The summed E-state index contributed by atoms with van der Waals surface area (Å²) in [7, 11) is 0. The van der Waals surface area contributed by atoms with Gasteiger partial charge in [0.2, 0.25) is 0 Å². The van der Waals surface area contributed by atoms with Crippen molar-refractivity contribution < 1.29 is 5.11 Å². The number of hydrogen-bond donors (Lipinski definition) is 2. The number of phenols is 1. The van der Waals surface area contributed by atoms with Crippen LogP contribution in [0.4, 0.5) is 0 Å². The summed E-state index contributed by atoms with van der Waals surface area (Å²) in [5.74, 6) is 1.24. The van der Waals surface area contributed by atoms with Crippen LogP contribution in [0.5, 0.6) is 5.75 Å². The summed E-state index contributed by atoms with van der Waals surface area (Å²) in [4.78, 5) is 7.85. The van der Waals surface area contributed by atoms with Crippen LogP contribution in [0.15, 0.2) is 30.4 Å². The highest BCUT2D eigenvalue weighted by atomic mass is 16.3. The summed E-state index contributed by atoms with van der Waals surface area (Å²) in [5, 5.41) is 9.82. The third kappa shape index (κ3) is 1.82. The van der Waals surface area contributed by atoms with Gasteiger partial charge in [-0.3, -0.25) is 0 Å². The fraction of sp³-hybridized carbons (Fsp3) is 0.267. The van der Waals surface area contributed by atoms with Crippen molar-refractivity contribution in [2.24, 2.45) is 0 Å². The number of imidazole rings is 1. The van der Waals surface area contributed by atoms with E-state index in [0.717, 1.165) is 47.3 Å². The minimum absolute atomic E-state index is 0.281. The fourth-order valence-electron chi connectivity index (χ4n) is 2.35. The standard InChI is InChI=1S/C15H16N2O/c1-2-14-16-13-9-11(18)8-12(15(13)17-14)10-6-4-3-5-7-10/h4,6-9,18H,2-3,5H2,1H3,(H,16,17). The highest BCUT2D eigenvalue weighted by molar-refractivity contribution is 5.93. The van der Waals surface area contributed by atoms with Crippen LogP contribution in [0.25, 0.3) is 16.6 Å². The molecular weight excluding hydrogens is 224 g/mol. The van der Waals surface area contributed by atoms with Crippen molar-refractivity contribution in [3.63, 3.8) is 0 Å². The normalized spacial score (nSPS) is 15.1. The van der Waals surface area contributed by atoms with E-state index in [1.54, 1.807) is 12.1 Å². The Morgan fingerprint density at radius 3 is 2.94 bits per heavy atom. The van der Waals surface area contributed by atoms with E-state index in [9.17, 15) is 5.11 Å². The molecular formula is C15H16N2O. The first kappa shape index (κ1) is 11.1. The molecule has 3 rings (SSSR count). The van der Waals surface area contributed by atoms with E-state index in [1.165, 1.54) is 0 Å². The predicted molar refractivity (Wildman–Crippen MR) is 73.5 cm³/mol. The summed E-state index contributed by atoms with van der Waals surface area (Å²) < 4.78 is 0. The molecule has 92 valence electrons. The third-order valence-corrected chi connectivity index (χ3v) is 3.26. The molecule has 0 radical (unpaired) electrons. The quantitative estimate of drug-likeness (QED) is 0.843. The van der Waals surface area contributed by atoms with Crippen LogP contribution >= 0.6 is 0 Å². The SMILES string of the molecule is CCc1nc2c(C3=CCCC=C3)cc(O)cc2[nH]1. The van der Waals surface area contributed by atoms with E-state index < -0.39 is 0 Å². The molecule has 2 N–H and O–H groups in total. The third-order valence-electron chi connectivity index (χ3n) is 3.26. The van der Waals surface area contributed by atoms with E-state index in [2.05, 4.69) is 35.1 Å². The minimum Gasteiger partial charge on any atom is -0.508 e. The van der Waals surface area contributed by atoms with Gasteiger partial charge >= 0.3 is 0 Å². The van der Waals surface area contributed by atoms with Crippen molar-refractivity contribution in [2.45, 2.75) is 26.2 Å². The molecule has 2 aromatic rings. The summed E-state index contributed by atoms with van der Waals surface area (Å²) in [5.41, 5.74) is 4.01. The van der Waals surface area contributed by atoms with Gasteiger partial charge in [-0.2, -0.15) is 0 Å². The fourth-order valence-corrected chi connectivity index (χ4v) is 2.35. The number of aromatic amines is 1. The van der Waals surface area contributed by atoms with Crippen LogP contribution in [0, 0.1) is 0 Å². The number of rotatable bonds is 2. The molecule has 1 aromatic heterocycles. The molecule has 0 amide bonds. The average Bonchev–Trinajstić information content (AvgIpc) is 2.81. The summed E-state index contributed by atoms with van der Waals surface area (Å²) in [6, 6.07) is 3.53. The highest BCUT2D eigenvalue weighted by Crippen LogP contribution is 2.31. The van der Waals surface area contributed by atoms with E-state index in [1.807, 2.05) is 0 Å². The molecule has 3 heteroatoms. The largest absolute Gasteiger partial charge is 0.508 e. The van der Waals surface area contributed by atoms with E-state index >= 15 is 0 Å². The number of hydrogen-bond acceptors (Lipinski definition) is 2. The molecule has 0 atom stereocenters. The molecule has 0 bridgehead atoms. The van der Waals surface area contributed by atoms with Gasteiger partial charge in [-0.1, -0.05) is 25.2 Å². The first-order valence-electron chi connectivity index (χ1n) is 6.36. The number of phenolic OH excluding ortho intramolecular Hbond substituents is 1. The number of H-pyrrole nitrogens is 1. The Labute approximate surface area is 106 Å². The van der Waals surface area contributed by atoms with Gasteiger partial charge < -0.3 is 10.1 Å². The van der Waals surface area contributed by atoms with Crippen LogP contribution in [-0.2, 0) is 6.42 Å². The van der Waals surface area contributed by atoms with Crippen LogP contribution in [0.1, 0.15) is 31.2 Å². The summed E-state index contributed by atoms with van der Waals surface area (Å²) in [6.45, 7) is 2.07. The number of benzene rings is 1. The van der Waals surface area contributed by atoms with E-state index in [-0.39, 0.29) is 5.75 Å². The lowest BCUT2D eigenvalue weighted by Gasteiger charge is -2.08. The maximum absolute atomic E-state index is 9.82. The van der Waals surface area contributed by atoms with Crippen LogP contribution < -0.4 is 0 Å². The lowest BCUT2D eigenvalue weighted by Crippen LogP contribution is -1.88. The molecule has 3 nitrogen and oxygen atoms in total. The second kappa shape index (κ2) is 4.33. The Morgan fingerprint density at radius 1 is 1.33 bits per heavy atom. The Morgan fingerprint density at radius 2 is 2.22 bits per heavy atom. The van der Waals surface area contributed by atoms with E-state index in [4.69, 9.17) is 0 Å². The minimum atomic E-state index is 0.281. The average molecular weight is 240 g/mol. The Balaban J connectivity index is 2.23. The van der Waals surface area contributed by atoms with Crippen molar-refractivity contribution in [1.82, 2.24) is 9.97 Å². The molecule has 1 aromatic carbocycles. The van der Waals surface area contributed by atoms with Crippen LogP contribution in [0.3, 0.4) is 0 Å². The Kier molecular flexibility index (Phi) is 2.67. The number of aryl methyl sites for hydroxylation is 1. The number of aromatic nitrogens is 2. The molecule has 1 aliphatic carbocycles. The van der Waals surface area contributed by atoms with Crippen molar-refractivity contribution >= 4 is 16.6 Å². The van der Waals surface area contributed by atoms with Gasteiger partial charge in [0, 0.05) is 18.1 Å². The van der Waals surface area contributed by atoms with Gasteiger partial charge in [0.05, 0.1) is 11.0 Å². The summed E-state index contributed by atoms with van der Waals surface area (Å²) >= 11 is 0. The zero-order chi connectivity index (χ0) is 12.5. The number of nitrogens with one attached hydrogen (secondary N) is 1. The van der Waals surface area contributed by atoms with Gasteiger partial charge in [-0.05, 0) is 24.5 Å². The van der Waals surface area contributed by atoms with Gasteiger partial charge in [-0.25, -0.2) is 4.98 Å². The zero-order valence-electron chi connectivity index (χ0n) is 10.4. The maximum Gasteiger partial charge on any atom is 0.118 e. The Hall–Kier alpha value is -2.03. The monoisotopic (exact) mass is 240 g/mol. The lowest BCUT2D eigenvalue weighted by molar-refractivity contribution is 0.476. The van der Waals surface area contributed by atoms with Crippen molar-refractivity contribution in [1.29, 1.82) is 0 Å². The zero-order valence-corrected chi connectivity index (χ0v) is 10.4. The summed E-state index contributed by atoms with van der Waals surface area (Å²) in [6.07, 6.45) is 9.48. The number of nitrogens with zero attached hydrogens (tertiary/aromatic N) is 1. The molecule has 0 saturated carbocycles. The second-order valence-electron chi connectivity index (χ2n) is 4.57. The molecule has 0 fully saturated rings. The molecule has 1 heterocycles. The smallest absolute Gasteiger partial charge is 0.118 e. The van der Waals surface area contributed by atoms with E-state index in [0.29, 0.717) is 0 Å². The first-order valence-corrected chi connectivity index (χ1v) is 6.36. The van der Waals surface area contributed by atoms with Crippen LogP contribution in [0.2, 0.25) is 0 Å². The maximum atomic E-state index is 9.82. The van der Waals surface area contributed by atoms with Crippen molar-refractivity contribution in [3.8, 4) is 5.75 Å². The highest BCUT2D eigenvalue weighted by Gasteiger charge is 2.12. The number of fused-ring (bicyclic) bond motifs is 1. The molecule has 0 saturated heterocycles. The number of allylic oxidation sites excluding steroid dienone is 4. The first-order chi connectivity index (χ1) is 8.78. The van der Waals surface area contributed by atoms with Gasteiger partial charge in [0.1, 0.15) is 11.6 Å². The second-order valence-corrected chi connectivity index (χ2v) is 4.57. The van der Waals surface area contributed by atoms with Crippen molar-refractivity contribution in [2.75, 3.05) is 0 Å².